The molecule has 1 aliphatic rings. The molecule has 2 N–H and O–H groups in total. The average molecular weight is 221 g/mol. The van der Waals surface area contributed by atoms with Crippen LogP contribution in [0.5, 0.6) is 0 Å². The molecule has 16 heavy (non-hydrogen) atoms. The number of methoxy groups -OCH3 is 1. The molecule has 1 saturated heterocycles. The summed E-state index contributed by atoms with van der Waals surface area (Å²) in [5, 5.41) is 0. The van der Waals surface area contributed by atoms with E-state index in [9.17, 15) is 4.79 Å². The molecule has 0 aliphatic carbocycles. The molecule has 1 unspecified atom stereocenters. The van der Waals surface area contributed by atoms with Crippen molar-refractivity contribution >= 4 is 17.5 Å². The van der Waals surface area contributed by atoms with Crippen molar-refractivity contribution in [3.8, 4) is 0 Å². The second-order valence-electron chi connectivity index (χ2n) is 3.90. The smallest absolute Gasteiger partial charge is 0.310 e. The van der Waals surface area contributed by atoms with Crippen LogP contribution in [0.1, 0.15) is 6.42 Å². The quantitative estimate of drug-likeness (QED) is 0.743. The molecule has 0 amide bonds. The van der Waals surface area contributed by atoms with E-state index >= 15 is 0 Å². The van der Waals surface area contributed by atoms with Crippen LogP contribution in [0.2, 0.25) is 0 Å². The van der Waals surface area contributed by atoms with Crippen LogP contribution in [-0.2, 0) is 9.53 Å². The molecule has 0 aromatic carbocycles. The van der Waals surface area contributed by atoms with Gasteiger partial charge >= 0.3 is 5.97 Å². The highest BCUT2D eigenvalue weighted by Crippen LogP contribution is 2.23. The lowest BCUT2D eigenvalue weighted by molar-refractivity contribution is -0.144. The predicted molar refractivity (Wildman–Crippen MR) is 61.0 cm³/mol. The van der Waals surface area contributed by atoms with E-state index in [2.05, 4.69) is 9.88 Å². The van der Waals surface area contributed by atoms with Crippen LogP contribution < -0.4 is 10.6 Å². The van der Waals surface area contributed by atoms with Gasteiger partial charge in [0.05, 0.1) is 13.0 Å². The number of hydrogen-bond donors (Lipinski definition) is 1. The summed E-state index contributed by atoms with van der Waals surface area (Å²) in [6.07, 6.45) is 2.49. The van der Waals surface area contributed by atoms with Crippen molar-refractivity contribution in [3.63, 3.8) is 0 Å². The number of hydrogen-bond acceptors (Lipinski definition) is 5. The van der Waals surface area contributed by atoms with Gasteiger partial charge in [0.25, 0.3) is 0 Å². The highest BCUT2D eigenvalue weighted by atomic mass is 16.5. The number of ether oxygens (including phenoxy) is 1. The van der Waals surface area contributed by atoms with E-state index < -0.39 is 0 Å². The Kier molecular flexibility index (Phi) is 2.94. The summed E-state index contributed by atoms with van der Waals surface area (Å²) in [4.78, 5) is 17.7. The van der Waals surface area contributed by atoms with Gasteiger partial charge in [0.2, 0.25) is 0 Å². The van der Waals surface area contributed by atoms with E-state index in [1.165, 1.54) is 7.11 Å². The zero-order valence-electron chi connectivity index (χ0n) is 9.22. The minimum atomic E-state index is -0.147. The highest BCUT2D eigenvalue weighted by Gasteiger charge is 2.29. The van der Waals surface area contributed by atoms with E-state index in [1.54, 1.807) is 12.3 Å². The largest absolute Gasteiger partial charge is 0.469 e. The van der Waals surface area contributed by atoms with E-state index in [4.69, 9.17) is 10.5 Å². The number of nitrogens with two attached hydrogens (primary N) is 1. The van der Waals surface area contributed by atoms with Gasteiger partial charge in [-0.3, -0.25) is 4.79 Å². The molecule has 5 nitrogen and oxygen atoms in total. The van der Waals surface area contributed by atoms with Gasteiger partial charge in [-0.05, 0) is 12.5 Å². The molecular formula is C11H15N3O2. The van der Waals surface area contributed by atoms with Crippen molar-refractivity contribution in [2.75, 3.05) is 30.8 Å². The monoisotopic (exact) mass is 221 g/mol. The number of carbonyl (C=O) groups is 1. The number of aromatic nitrogens is 1. The number of rotatable bonds is 2. The number of nitrogens with zero attached hydrogens (tertiary/aromatic N) is 2. The zero-order chi connectivity index (χ0) is 11.5. The number of pyridine rings is 1. The first-order chi connectivity index (χ1) is 7.70. The highest BCUT2D eigenvalue weighted by molar-refractivity contribution is 5.74. The SMILES string of the molecule is COC(=O)C1CCN(c2cc(N)ccn2)C1. The van der Waals surface area contributed by atoms with Crippen molar-refractivity contribution < 1.29 is 9.53 Å². The van der Waals surface area contributed by atoms with Crippen molar-refractivity contribution in [1.82, 2.24) is 4.98 Å². The maximum absolute atomic E-state index is 11.4. The fourth-order valence-electron chi connectivity index (χ4n) is 1.93. The van der Waals surface area contributed by atoms with E-state index in [1.807, 2.05) is 6.07 Å². The summed E-state index contributed by atoms with van der Waals surface area (Å²) in [7, 11) is 1.42. The van der Waals surface area contributed by atoms with Gasteiger partial charge in [0, 0.05) is 31.0 Å². The Hall–Kier alpha value is -1.78. The molecule has 1 aliphatic heterocycles. The standard InChI is InChI=1S/C11H15N3O2/c1-16-11(15)8-3-5-14(7-8)10-6-9(12)2-4-13-10/h2,4,6,8H,3,5,7H2,1H3,(H2,12,13). The molecule has 0 saturated carbocycles. The van der Waals surface area contributed by atoms with E-state index in [0.717, 1.165) is 18.8 Å². The molecule has 2 rings (SSSR count). The van der Waals surface area contributed by atoms with Gasteiger partial charge in [-0.25, -0.2) is 4.98 Å². The number of nitrogen functional groups attached to an aromatic ring is 1. The van der Waals surface area contributed by atoms with Crippen LogP contribution in [0.4, 0.5) is 11.5 Å². The molecule has 1 fully saturated rings. The van der Waals surface area contributed by atoms with Gasteiger partial charge in [-0.15, -0.1) is 0 Å². The van der Waals surface area contributed by atoms with Gasteiger partial charge < -0.3 is 15.4 Å². The maximum atomic E-state index is 11.4. The molecule has 0 spiro atoms. The van der Waals surface area contributed by atoms with Crippen LogP contribution in [-0.4, -0.2) is 31.2 Å². The minimum absolute atomic E-state index is 0.0479. The van der Waals surface area contributed by atoms with E-state index in [-0.39, 0.29) is 11.9 Å². The van der Waals surface area contributed by atoms with Gasteiger partial charge in [0.15, 0.2) is 0 Å². The third kappa shape index (κ3) is 2.08. The van der Waals surface area contributed by atoms with Crippen molar-refractivity contribution in [2.24, 2.45) is 5.92 Å². The third-order valence-electron chi connectivity index (χ3n) is 2.82. The van der Waals surface area contributed by atoms with Crippen LogP contribution in [0.15, 0.2) is 18.3 Å². The van der Waals surface area contributed by atoms with Crippen LogP contribution in [0.25, 0.3) is 0 Å². The molecule has 86 valence electrons. The molecule has 2 heterocycles. The van der Waals surface area contributed by atoms with Gasteiger partial charge in [-0.1, -0.05) is 0 Å². The molecular weight excluding hydrogens is 206 g/mol. The normalized spacial score (nSPS) is 19.8. The first kappa shape index (κ1) is 10.7. The van der Waals surface area contributed by atoms with Crippen molar-refractivity contribution in [2.45, 2.75) is 6.42 Å². The first-order valence-electron chi connectivity index (χ1n) is 5.25. The fraction of sp³-hybridized carbons (Fsp3) is 0.455. The second-order valence-corrected chi connectivity index (χ2v) is 3.90. The van der Waals surface area contributed by atoms with Crippen LogP contribution >= 0.6 is 0 Å². The van der Waals surface area contributed by atoms with E-state index in [0.29, 0.717) is 12.2 Å². The van der Waals surface area contributed by atoms with Gasteiger partial charge in [-0.2, -0.15) is 0 Å². The summed E-state index contributed by atoms with van der Waals surface area (Å²) in [5.41, 5.74) is 6.38. The molecule has 5 heteroatoms. The third-order valence-corrected chi connectivity index (χ3v) is 2.82. The molecule has 0 bridgehead atoms. The number of esters is 1. The average Bonchev–Trinajstić information content (AvgIpc) is 2.77. The Labute approximate surface area is 94.2 Å². The van der Waals surface area contributed by atoms with Crippen LogP contribution in [0, 0.1) is 5.92 Å². The lowest BCUT2D eigenvalue weighted by atomic mass is 10.1. The second kappa shape index (κ2) is 4.38. The summed E-state index contributed by atoms with van der Waals surface area (Å²) < 4.78 is 4.73. The molecule has 1 aromatic rings. The molecule has 1 aromatic heterocycles. The lowest BCUT2D eigenvalue weighted by Gasteiger charge is -2.17. The summed E-state index contributed by atoms with van der Waals surface area (Å²) >= 11 is 0. The Morgan fingerprint density at radius 3 is 3.19 bits per heavy atom. The summed E-state index contributed by atoms with van der Waals surface area (Å²) in [5.74, 6) is 0.631. The topological polar surface area (TPSA) is 68.5 Å². The maximum Gasteiger partial charge on any atom is 0.310 e. The fourth-order valence-corrected chi connectivity index (χ4v) is 1.93. The zero-order valence-corrected chi connectivity index (χ0v) is 9.22. The summed E-state index contributed by atoms with van der Waals surface area (Å²) in [6, 6.07) is 3.57. The Balaban J connectivity index is 2.06. The Morgan fingerprint density at radius 2 is 2.50 bits per heavy atom. The Morgan fingerprint density at radius 1 is 1.69 bits per heavy atom. The number of anilines is 2. The van der Waals surface area contributed by atoms with Crippen LogP contribution in [0.3, 0.4) is 0 Å². The summed E-state index contributed by atoms with van der Waals surface area (Å²) in [6.45, 7) is 1.47. The number of carbonyl (C=O) groups excluding carboxylic acids is 1. The Bertz CT molecular complexity index is 395. The molecule has 1 atom stereocenters. The van der Waals surface area contributed by atoms with Gasteiger partial charge in [0.1, 0.15) is 5.82 Å². The first-order valence-corrected chi connectivity index (χ1v) is 5.25. The molecule has 0 radical (unpaired) electrons. The van der Waals surface area contributed by atoms with Crippen molar-refractivity contribution in [3.05, 3.63) is 18.3 Å². The predicted octanol–water partition coefficient (Wildman–Crippen LogP) is 0.663. The lowest BCUT2D eigenvalue weighted by Crippen LogP contribution is -2.24. The minimum Gasteiger partial charge on any atom is -0.469 e. The van der Waals surface area contributed by atoms with Crippen molar-refractivity contribution in [1.29, 1.82) is 0 Å².